The highest BCUT2D eigenvalue weighted by Crippen LogP contribution is 2.22. The molecule has 1 saturated heterocycles. The highest BCUT2D eigenvalue weighted by molar-refractivity contribution is 5.97. The van der Waals surface area contributed by atoms with E-state index in [2.05, 4.69) is 10.4 Å². The maximum Gasteiger partial charge on any atom is 0.246 e. The molecular weight excluding hydrogens is 232 g/mol. The van der Waals surface area contributed by atoms with Crippen LogP contribution in [-0.4, -0.2) is 45.1 Å². The van der Waals surface area contributed by atoms with Gasteiger partial charge in [0.05, 0.1) is 13.1 Å². The van der Waals surface area contributed by atoms with E-state index in [1.54, 1.807) is 15.8 Å². The Morgan fingerprint density at radius 3 is 2.83 bits per heavy atom. The van der Waals surface area contributed by atoms with Crippen molar-refractivity contribution in [1.29, 1.82) is 0 Å². The minimum absolute atomic E-state index is 0.0360. The second-order valence-corrected chi connectivity index (χ2v) is 4.62. The lowest BCUT2D eigenvalue weighted by Gasteiger charge is -2.43. The molecule has 6 heteroatoms. The van der Waals surface area contributed by atoms with Crippen molar-refractivity contribution in [3.63, 3.8) is 0 Å². The summed E-state index contributed by atoms with van der Waals surface area (Å²) in [4.78, 5) is 25.6. The summed E-state index contributed by atoms with van der Waals surface area (Å²) in [6.45, 7) is 4.91. The van der Waals surface area contributed by atoms with Crippen molar-refractivity contribution in [1.82, 2.24) is 20.0 Å². The number of hydrogen-bond donors (Lipinski definition) is 1. The third kappa shape index (κ3) is 2.10. The van der Waals surface area contributed by atoms with Crippen LogP contribution in [0, 0.1) is 0 Å². The molecule has 1 N–H and O–H groups in total. The second-order valence-electron chi connectivity index (χ2n) is 4.62. The van der Waals surface area contributed by atoms with Gasteiger partial charge in [-0.25, -0.2) is 0 Å². The SMILES string of the molecule is CCC1(C)C(=O)NCC(=O)N1CCn1cccn1. The van der Waals surface area contributed by atoms with E-state index in [4.69, 9.17) is 0 Å². The van der Waals surface area contributed by atoms with Crippen LogP contribution < -0.4 is 5.32 Å². The highest BCUT2D eigenvalue weighted by atomic mass is 16.2. The van der Waals surface area contributed by atoms with Crippen LogP contribution in [0.5, 0.6) is 0 Å². The molecule has 1 atom stereocenters. The van der Waals surface area contributed by atoms with Crippen LogP contribution in [-0.2, 0) is 16.1 Å². The van der Waals surface area contributed by atoms with E-state index in [9.17, 15) is 9.59 Å². The van der Waals surface area contributed by atoms with Gasteiger partial charge in [-0.2, -0.15) is 5.10 Å². The topological polar surface area (TPSA) is 67.2 Å². The van der Waals surface area contributed by atoms with Crippen molar-refractivity contribution in [3.05, 3.63) is 18.5 Å². The summed E-state index contributed by atoms with van der Waals surface area (Å²) in [5.74, 6) is -0.115. The van der Waals surface area contributed by atoms with Gasteiger partial charge in [0.2, 0.25) is 11.8 Å². The van der Waals surface area contributed by atoms with Crippen molar-refractivity contribution in [3.8, 4) is 0 Å². The summed E-state index contributed by atoms with van der Waals surface area (Å²) in [5, 5.41) is 6.74. The summed E-state index contributed by atoms with van der Waals surface area (Å²) >= 11 is 0. The zero-order valence-corrected chi connectivity index (χ0v) is 10.7. The van der Waals surface area contributed by atoms with Crippen LogP contribution in [0.2, 0.25) is 0 Å². The quantitative estimate of drug-likeness (QED) is 0.818. The summed E-state index contributed by atoms with van der Waals surface area (Å²) in [6, 6.07) is 1.84. The molecule has 1 fully saturated rings. The molecule has 0 radical (unpaired) electrons. The van der Waals surface area contributed by atoms with E-state index >= 15 is 0 Å². The Morgan fingerprint density at radius 2 is 2.22 bits per heavy atom. The first-order valence-electron chi connectivity index (χ1n) is 6.14. The Kier molecular flexibility index (Phi) is 3.36. The number of nitrogens with zero attached hydrogens (tertiary/aromatic N) is 3. The van der Waals surface area contributed by atoms with Crippen molar-refractivity contribution in [2.45, 2.75) is 32.4 Å². The predicted octanol–water partition coefficient (Wildman–Crippen LogP) is 0.0102. The van der Waals surface area contributed by atoms with Gasteiger partial charge in [-0.3, -0.25) is 14.3 Å². The van der Waals surface area contributed by atoms with Gasteiger partial charge in [0.15, 0.2) is 0 Å². The number of carbonyl (C=O) groups excluding carboxylic acids is 2. The number of carbonyl (C=O) groups is 2. The molecule has 1 aliphatic heterocycles. The average molecular weight is 250 g/mol. The molecule has 2 rings (SSSR count). The number of nitrogens with one attached hydrogen (secondary N) is 1. The van der Waals surface area contributed by atoms with Crippen molar-refractivity contribution >= 4 is 11.8 Å². The smallest absolute Gasteiger partial charge is 0.246 e. The number of amides is 2. The minimum Gasteiger partial charge on any atom is -0.345 e. The van der Waals surface area contributed by atoms with Gasteiger partial charge in [0, 0.05) is 18.9 Å². The molecule has 1 aliphatic rings. The van der Waals surface area contributed by atoms with Gasteiger partial charge < -0.3 is 10.2 Å². The van der Waals surface area contributed by atoms with E-state index in [1.165, 1.54) is 0 Å². The Labute approximate surface area is 106 Å². The molecule has 2 heterocycles. The lowest BCUT2D eigenvalue weighted by atomic mass is 9.92. The van der Waals surface area contributed by atoms with Crippen molar-refractivity contribution < 1.29 is 9.59 Å². The van der Waals surface area contributed by atoms with Crippen molar-refractivity contribution in [2.24, 2.45) is 0 Å². The van der Waals surface area contributed by atoms with Gasteiger partial charge >= 0.3 is 0 Å². The lowest BCUT2D eigenvalue weighted by molar-refractivity contribution is -0.153. The maximum absolute atomic E-state index is 12.0. The normalized spacial score (nSPS) is 24.2. The number of piperazine rings is 1. The molecule has 98 valence electrons. The summed E-state index contributed by atoms with van der Waals surface area (Å²) in [6.07, 6.45) is 4.14. The summed E-state index contributed by atoms with van der Waals surface area (Å²) in [7, 11) is 0. The number of hydrogen-bond acceptors (Lipinski definition) is 3. The van der Waals surface area contributed by atoms with Crippen molar-refractivity contribution in [2.75, 3.05) is 13.1 Å². The van der Waals surface area contributed by atoms with E-state index in [0.717, 1.165) is 0 Å². The average Bonchev–Trinajstić information content (AvgIpc) is 2.87. The second kappa shape index (κ2) is 4.80. The van der Waals surface area contributed by atoms with Crippen LogP contribution >= 0.6 is 0 Å². The zero-order valence-electron chi connectivity index (χ0n) is 10.7. The Morgan fingerprint density at radius 1 is 1.44 bits per heavy atom. The number of rotatable bonds is 4. The minimum atomic E-state index is -0.748. The molecule has 18 heavy (non-hydrogen) atoms. The predicted molar refractivity (Wildman–Crippen MR) is 65.6 cm³/mol. The fraction of sp³-hybridized carbons (Fsp3) is 0.583. The van der Waals surface area contributed by atoms with E-state index in [1.807, 2.05) is 26.1 Å². The van der Waals surface area contributed by atoms with Crippen LogP contribution in [0.15, 0.2) is 18.5 Å². The molecule has 0 aromatic carbocycles. The first kappa shape index (κ1) is 12.6. The van der Waals surface area contributed by atoms with E-state index in [-0.39, 0.29) is 18.4 Å². The Bertz CT molecular complexity index is 443. The molecule has 0 bridgehead atoms. The highest BCUT2D eigenvalue weighted by Gasteiger charge is 2.43. The van der Waals surface area contributed by atoms with Crippen LogP contribution in [0.4, 0.5) is 0 Å². The van der Waals surface area contributed by atoms with Gasteiger partial charge in [-0.05, 0) is 19.4 Å². The Hall–Kier alpha value is -1.85. The van der Waals surface area contributed by atoms with Gasteiger partial charge in [0.1, 0.15) is 5.54 Å². The molecule has 1 aromatic heterocycles. The fourth-order valence-corrected chi connectivity index (χ4v) is 2.20. The molecule has 0 aliphatic carbocycles. The third-order valence-electron chi connectivity index (χ3n) is 3.59. The maximum atomic E-state index is 12.0. The van der Waals surface area contributed by atoms with Gasteiger partial charge in [-0.15, -0.1) is 0 Å². The summed E-state index contributed by atoms with van der Waals surface area (Å²) in [5.41, 5.74) is -0.748. The summed E-state index contributed by atoms with van der Waals surface area (Å²) < 4.78 is 1.76. The largest absolute Gasteiger partial charge is 0.345 e. The van der Waals surface area contributed by atoms with Crippen LogP contribution in [0.25, 0.3) is 0 Å². The molecular formula is C12H18N4O2. The molecule has 1 unspecified atom stereocenters. The first-order chi connectivity index (χ1) is 8.58. The first-order valence-corrected chi connectivity index (χ1v) is 6.14. The van der Waals surface area contributed by atoms with Crippen LogP contribution in [0.3, 0.4) is 0 Å². The third-order valence-corrected chi connectivity index (χ3v) is 3.59. The zero-order chi connectivity index (χ0) is 13.2. The van der Waals surface area contributed by atoms with E-state index < -0.39 is 5.54 Å². The fourth-order valence-electron chi connectivity index (χ4n) is 2.20. The molecule has 0 spiro atoms. The van der Waals surface area contributed by atoms with E-state index in [0.29, 0.717) is 19.5 Å². The molecule has 6 nitrogen and oxygen atoms in total. The molecule has 0 saturated carbocycles. The Balaban J connectivity index is 2.11. The molecule has 2 amide bonds. The number of aromatic nitrogens is 2. The van der Waals surface area contributed by atoms with Crippen LogP contribution in [0.1, 0.15) is 20.3 Å². The van der Waals surface area contributed by atoms with Gasteiger partial charge in [-0.1, -0.05) is 6.92 Å². The molecule has 1 aromatic rings. The van der Waals surface area contributed by atoms with Gasteiger partial charge in [0.25, 0.3) is 0 Å². The standard InChI is InChI=1S/C12H18N4O2/c1-3-12(2)11(18)13-9-10(17)16(12)8-7-15-6-4-5-14-15/h4-6H,3,7-9H2,1-2H3,(H,13,18). The monoisotopic (exact) mass is 250 g/mol. The lowest BCUT2D eigenvalue weighted by Crippen LogP contribution is -2.66.